The van der Waals surface area contributed by atoms with Crippen molar-refractivity contribution >= 4 is 12.1 Å². The number of allylic oxidation sites excluding steroid dienone is 4. The second-order valence-corrected chi connectivity index (χ2v) is 9.08. The van der Waals surface area contributed by atoms with E-state index >= 15 is 0 Å². The number of hydrogen-bond acceptors (Lipinski definition) is 8. The second kappa shape index (κ2) is 19.5. The molecule has 4 atom stereocenters. The summed E-state index contributed by atoms with van der Waals surface area (Å²) in [7, 11) is 0. The topological polar surface area (TPSA) is 163 Å². The maximum atomic E-state index is 11.9. The number of aryl methyl sites for hydroxylation is 1. The largest absolute Gasteiger partial charge is 0.507 e. The number of carbonyl (C=O) groups is 1. The summed E-state index contributed by atoms with van der Waals surface area (Å²) in [6.45, 7) is 1.33. The Morgan fingerprint density at radius 2 is 1.62 bits per heavy atom. The average molecular weight is 521 g/mol. The minimum absolute atomic E-state index is 0.00565. The third-order valence-corrected chi connectivity index (χ3v) is 5.89. The Bertz CT molecular complexity index is 857. The van der Waals surface area contributed by atoms with Gasteiger partial charge in [0.15, 0.2) is 6.10 Å². The van der Waals surface area contributed by atoms with E-state index in [0.717, 1.165) is 44.1 Å². The zero-order chi connectivity index (χ0) is 27.5. The maximum Gasteiger partial charge on any atom is 0.271 e. The van der Waals surface area contributed by atoms with E-state index < -0.39 is 36.9 Å². The first-order valence-electron chi connectivity index (χ1n) is 13.1. The van der Waals surface area contributed by atoms with Gasteiger partial charge in [-0.2, -0.15) is 5.10 Å². The fraction of sp³-hybridized carbons (Fsp3) is 0.571. The van der Waals surface area contributed by atoms with Crippen molar-refractivity contribution < 1.29 is 35.4 Å². The van der Waals surface area contributed by atoms with Crippen molar-refractivity contribution in [2.75, 3.05) is 6.61 Å². The van der Waals surface area contributed by atoms with Gasteiger partial charge in [0.25, 0.3) is 5.91 Å². The Morgan fingerprint density at radius 3 is 2.30 bits per heavy atom. The molecule has 0 bridgehead atoms. The Labute approximate surface area is 219 Å². The summed E-state index contributed by atoms with van der Waals surface area (Å²) in [5.41, 5.74) is 3.34. The maximum absolute atomic E-state index is 11.9. The molecule has 37 heavy (non-hydrogen) atoms. The number of nitrogens with zero attached hydrogens (tertiary/aromatic N) is 1. The molecule has 0 radical (unpaired) electrons. The number of aromatic hydroxyl groups is 1. The van der Waals surface area contributed by atoms with Gasteiger partial charge < -0.3 is 30.6 Å². The minimum atomic E-state index is -2.08. The number of unbranched alkanes of at least 4 members (excludes halogenated alkanes) is 6. The van der Waals surface area contributed by atoms with Crippen LogP contribution in [0, 0.1) is 0 Å². The van der Waals surface area contributed by atoms with Crippen molar-refractivity contribution in [3.8, 4) is 5.75 Å². The van der Waals surface area contributed by atoms with Gasteiger partial charge in [0.05, 0.1) is 12.8 Å². The molecule has 9 heteroatoms. The van der Waals surface area contributed by atoms with Crippen LogP contribution in [-0.4, -0.2) is 73.8 Å². The van der Waals surface area contributed by atoms with E-state index in [2.05, 4.69) is 36.3 Å². The number of nitrogens with one attached hydrogen (secondary N) is 1. The van der Waals surface area contributed by atoms with Gasteiger partial charge in [-0.15, -0.1) is 0 Å². The van der Waals surface area contributed by atoms with Gasteiger partial charge in [-0.05, 0) is 56.2 Å². The number of aliphatic hydroxyl groups is 5. The monoisotopic (exact) mass is 520 g/mol. The first-order chi connectivity index (χ1) is 17.8. The van der Waals surface area contributed by atoms with Crippen molar-refractivity contribution in [1.82, 2.24) is 5.43 Å². The van der Waals surface area contributed by atoms with E-state index in [1.807, 2.05) is 11.5 Å². The van der Waals surface area contributed by atoms with Crippen LogP contribution >= 0.6 is 0 Å². The van der Waals surface area contributed by atoms with Crippen LogP contribution < -0.4 is 5.43 Å². The number of aliphatic hydroxyl groups excluding tert-OH is 5. The van der Waals surface area contributed by atoms with E-state index in [1.165, 1.54) is 31.9 Å². The first kappa shape index (κ1) is 32.5. The molecule has 0 fully saturated rings. The molecular formula is C28H44N2O7. The molecule has 0 spiro atoms. The fourth-order valence-electron chi connectivity index (χ4n) is 3.56. The molecule has 1 aromatic carbocycles. The van der Waals surface area contributed by atoms with E-state index in [1.54, 1.807) is 12.1 Å². The lowest BCUT2D eigenvalue weighted by Crippen LogP contribution is -2.50. The number of hydrazone groups is 1. The van der Waals surface area contributed by atoms with Gasteiger partial charge >= 0.3 is 0 Å². The second-order valence-electron chi connectivity index (χ2n) is 9.08. The summed E-state index contributed by atoms with van der Waals surface area (Å²) in [5, 5.41) is 61.0. The summed E-state index contributed by atoms with van der Waals surface area (Å²) in [6, 6.07) is 5.18. The molecule has 0 aromatic heterocycles. The number of amides is 1. The lowest BCUT2D eigenvalue weighted by molar-refractivity contribution is -0.148. The predicted molar refractivity (Wildman–Crippen MR) is 144 cm³/mol. The SMILES string of the molecule is CCC/C=C\C/C=C\CCCCCCCc1ccc(/C=N/NC(=O)[C@H](O)[C@@H](O)[C@H](O)[C@H](O)CO)c(O)c1. The Hall–Kier alpha value is -2.56. The van der Waals surface area contributed by atoms with Gasteiger partial charge in [0.1, 0.15) is 24.1 Å². The molecule has 1 rings (SSSR count). The van der Waals surface area contributed by atoms with E-state index in [0.29, 0.717) is 5.56 Å². The zero-order valence-electron chi connectivity index (χ0n) is 21.7. The Morgan fingerprint density at radius 1 is 0.946 bits per heavy atom. The van der Waals surface area contributed by atoms with Gasteiger partial charge in [-0.1, -0.05) is 63.0 Å². The molecule has 1 aromatic rings. The number of phenols is 1. The van der Waals surface area contributed by atoms with Crippen molar-refractivity contribution in [2.45, 2.75) is 95.5 Å². The molecule has 7 N–H and O–H groups in total. The quantitative estimate of drug-likeness (QED) is 0.0637. The van der Waals surface area contributed by atoms with Crippen LogP contribution in [0.1, 0.15) is 75.8 Å². The molecule has 0 saturated heterocycles. The van der Waals surface area contributed by atoms with Crippen molar-refractivity contribution in [3.05, 3.63) is 53.6 Å². The average Bonchev–Trinajstić information content (AvgIpc) is 2.90. The number of carbonyl (C=O) groups excluding carboxylic acids is 1. The molecule has 0 unspecified atom stereocenters. The number of rotatable bonds is 19. The van der Waals surface area contributed by atoms with Gasteiger partial charge in [0, 0.05) is 5.56 Å². The van der Waals surface area contributed by atoms with Crippen molar-refractivity contribution in [3.63, 3.8) is 0 Å². The van der Waals surface area contributed by atoms with Crippen LogP contribution in [0.3, 0.4) is 0 Å². The number of hydrogen-bond donors (Lipinski definition) is 7. The highest BCUT2D eigenvalue weighted by molar-refractivity contribution is 5.86. The molecule has 0 aliphatic heterocycles. The first-order valence-corrected chi connectivity index (χ1v) is 13.1. The number of benzene rings is 1. The molecule has 9 nitrogen and oxygen atoms in total. The van der Waals surface area contributed by atoms with Crippen LogP contribution in [0.4, 0.5) is 0 Å². The lowest BCUT2D eigenvalue weighted by atomic mass is 10.0. The van der Waals surface area contributed by atoms with Gasteiger partial charge in [0.2, 0.25) is 0 Å². The van der Waals surface area contributed by atoms with E-state index in [9.17, 15) is 30.3 Å². The zero-order valence-corrected chi connectivity index (χ0v) is 21.7. The van der Waals surface area contributed by atoms with E-state index in [4.69, 9.17) is 5.11 Å². The van der Waals surface area contributed by atoms with Crippen LogP contribution in [0.25, 0.3) is 0 Å². The minimum Gasteiger partial charge on any atom is -0.507 e. The van der Waals surface area contributed by atoms with Gasteiger partial charge in [-0.3, -0.25) is 4.79 Å². The third kappa shape index (κ3) is 13.5. The molecular weight excluding hydrogens is 476 g/mol. The van der Waals surface area contributed by atoms with Crippen LogP contribution in [-0.2, 0) is 11.2 Å². The summed E-state index contributed by atoms with van der Waals surface area (Å²) >= 11 is 0. The Kier molecular flexibility index (Phi) is 17.1. The molecule has 208 valence electrons. The van der Waals surface area contributed by atoms with Crippen LogP contribution in [0.5, 0.6) is 5.75 Å². The van der Waals surface area contributed by atoms with Crippen molar-refractivity contribution in [2.24, 2.45) is 5.10 Å². The van der Waals surface area contributed by atoms with Gasteiger partial charge in [-0.25, -0.2) is 5.43 Å². The van der Waals surface area contributed by atoms with Crippen LogP contribution in [0.15, 0.2) is 47.6 Å². The molecule has 1 amide bonds. The summed E-state index contributed by atoms with van der Waals surface area (Å²) in [5.74, 6) is -1.13. The highest BCUT2D eigenvalue weighted by Gasteiger charge is 2.34. The predicted octanol–water partition coefficient (Wildman–Crippen LogP) is 2.46. The van der Waals surface area contributed by atoms with Crippen LogP contribution in [0.2, 0.25) is 0 Å². The molecule has 0 aliphatic carbocycles. The highest BCUT2D eigenvalue weighted by atomic mass is 16.4. The number of phenolic OH excluding ortho intramolecular Hbond substituents is 1. The lowest BCUT2D eigenvalue weighted by Gasteiger charge is -2.24. The van der Waals surface area contributed by atoms with E-state index in [-0.39, 0.29) is 5.75 Å². The fourth-order valence-corrected chi connectivity index (χ4v) is 3.56. The molecule has 0 aliphatic rings. The smallest absolute Gasteiger partial charge is 0.271 e. The molecule has 0 saturated carbocycles. The summed E-state index contributed by atoms with van der Waals surface area (Å²) in [4.78, 5) is 11.9. The summed E-state index contributed by atoms with van der Waals surface area (Å²) < 4.78 is 0. The summed E-state index contributed by atoms with van der Waals surface area (Å²) in [6.07, 6.45) is 13.4. The van der Waals surface area contributed by atoms with Crippen molar-refractivity contribution in [1.29, 1.82) is 0 Å². The third-order valence-electron chi connectivity index (χ3n) is 5.89. The normalized spacial score (nSPS) is 15.4. The standard InChI is InChI=1S/C28H44N2O7/c1-2-3-4-5-6-7-8-9-10-11-12-13-14-15-21-16-17-22(23(32)18-21)19-29-30-28(37)27(36)26(35)25(34)24(33)20-31/h4-5,7-8,16-19,24-27,31-36H,2-3,6,9-15,20H2,1H3,(H,30,37)/b5-4-,8-7-,29-19+/t24-,25-,26+,27-/m1/s1. The molecule has 0 heterocycles. The highest BCUT2D eigenvalue weighted by Crippen LogP contribution is 2.19. The Balaban J connectivity index is 2.31.